The van der Waals surface area contributed by atoms with E-state index in [1.165, 1.54) is 16.2 Å². The second-order valence-electron chi connectivity index (χ2n) is 4.69. The Morgan fingerprint density at radius 2 is 2.05 bits per heavy atom. The third-order valence-electron chi connectivity index (χ3n) is 3.62. The SMILES string of the molecule is COc1cccc2c(=O)n(C3CNC3)c(=O)n(C)c12. The Morgan fingerprint density at radius 1 is 1.32 bits per heavy atom. The summed E-state index contributed by atoms with van der Waals surface area (Å²) in [7, 11) is 3.19. The van der Waals surface area contributed by atoms with Crippen molar-refractivity contribution in [2.75, 3.05) is 20.2 Å². The molecule has 0 spiro atoms. The van der Waals surface area contributed by atoms with Crippen molar-refractivity contribution >= 4 is 10.9 Å². The molecule has 1 fully saturated rings. The van der Waals surface area contributed by atoms with Gasteiger partial charge in [-0.05, 0) is 12.1 Å². The van der Waals surface area contributed by atoms with Crippen LogP contribution in [0, 0.1) is 0 Å². The molecule has 1 aromatic heterocycles. The average Bonchev–Trinajstić information content (AvgIpc) is 2.38. The molecule has 0 unspecified atom stereocenters. The first-order chi connectivity index (χ1) is 9.15. The van der Waals surface area contributed by atoms with Gasteiger partial charge in [-0.25, -0.2) is 4.79 Å². The van der Waals surface area contributed by atoms with Gasteiger partial charge in [-0.15, -0.1) is 0 Å². The van der Waals surface area contributed by atoms with E-state index in [0.29, 0.717) is 29.7 Å². The maximum atomic E-state index is 12.5. The smallest absolute Gasteiger partial charge is 0.331 e. The standard InChI is InChI=1S/C13H15N3O3/c1-15-11-9(4-3-5-10(11)19-2)12(17)16(13(15)18)8-6-14-7-8/h3-5,8,14H,6-7H2,1-2H3. The molecule has 1 N–H and O–H groups in total. The number of methoxy groups -OCH3 is 1. The second-order valence-corrected chi connectivity index (χ2v) is 4.69. The lowest BCUT2D eigenvalue weighted by Crippen LogP contribution is -2.53. The molecular weight excluding hydrogens is 246 g/mol. The predicted octanol–water partition coefficient (Wildman–Crippen LogP) is -0.147. The van der Waals surface area contributed by atoms with E-state index >= 15 is 0 Å². The van der Waals surface area contributed by atoms with Crippen LogP contribution >= 0.6 is 0 Å². The van der Waals surface area contributed by atoms with Crippen molar-refractivity contribution < 1.29 is 4.74 Å². The zero-order chi connectivity index (χ0) is 13.6. The van der Waals surface area contributed by atoms with Gasteiger partial charge in [0.2, 0.25) is 0 Å². The van der Waals surface area contributed by atoms with Crippen LogP contribution in [0.15, 0.2) is 27.8 Å². The molecule has 6 nitrogen and oxygen atoms in total. The fourth-order valence-corrected chi connectivity index (χ4v) is 2.46. The van der Waals surface area contributed by atoms with Gasteiger partial charge in [-0.3, -0.25) is 13.9 Å². The lowest BCUT2D eigenvalue weighted by Gasteiger charge is -2.29. The van der Waals surface area contributed by atoms with E-state index in [-0.39, 0.29) is 17.3 Å². The summed E-state index contributed by atoms with van der Waals surface area (Å²) < 4.78 is 8.05. The molecule has 1 aliphatic heterocycles. The Labute approximate surface area is 109 Å². The van der Waals surface area contributed by atoms with Gasteiger partial charge in [0.05, 0.1) is 18.5 Å². The van der Waals surface area contributed by atoms with Crippen molar-refractivity contribution in [2.45, 2.75) is 6.04 Å². The summed E-state index contributed by atoms with van der Waals surface area (Å²) in [6, 6.07) is 5.18. The molecule has 0 atom stereocenters. The number of ether oxygens (including phenoxy) is 1. The van der Waals surface area contributed by atoms with Crippen LogP contribution in [0.1, 0.15) is 6.04 Å². The molecule has 2 aromatic rings. The first-order valence-corrected chi connectivity index (χ1v) is 6.14. The molecular formula is C13H15N3O3. The van der Waals surface area contributed by atoms with Gasteiger partial charge in [-0.2, -0.15) is 0 Å². The van der Waals surface area contributed by atoms with Gasteiger partial charge in [0.1, 0.15) is 11.3 Å². The predicted molar refractivity (Wildman–Crippen MR) is 71.9 cm³/mol. The Morgan fingerprint density at radius 3 is 2.63 bits per heavy atom. The van der Waals surface area contributed by atoms with Crippen LogP contribution in [0.5, 0.6) is 5.75 Å². The maximum Gasteiger partial charge on any atom is 0.331 e. The monoisotopic (exact) mass is 261 g/mol. The number of aromatic nitrogens is 2. The molecule has 6 heteroatoms. The zero-order valence-electron chi connectivity index (χ0n) is 10.8. The first kappa shape index (κ1) is 12.0. The maximum absolute atomic E-state index is 12.5. The first-order valence-electron chi connectivity index (χ1n) is 6.14. The van der Waals surface area contributed by atoms with E-state index in [4.69, 9.17) is 4.74 Å². The quantitative estimate of drug-likeness (QED) is 0.816. The van der Waals surface area contributed by atoms with E-state index in [0.717, 1.165) is 0 Å². The summed E-state index contributed by atoms with van der Waals surface area (Å²) in [6.45, 7) is 1.31. The third-order valence-corrected chi connectivity index (χ3v) is 3.62. The van der Waals surface area contributed by atoms with Gasteiger partial charge in [0.25, 0.3) is 5.56 Å². The number of fused-ring (bicyclic) bond motifs is 1. The Hall–Kier alpha value is -2.08. The zero-order valence-corrected chi connectivity index (χ0v) is 10.8. The summed E-state index contributed by atoms with van der Waals surface area (Å²) in [5.41, 5.74) is 0.000493. The molecule has 1 aliphatic rings. The van der Waals surface area contributed by atoms with Crippen molar-refractivity contribution in [3.63, 3.8) is 0 Å². The van der Waals surface area contributed by atoms with Gasteiger partial charge in [-0.1, -0.05) is 6.07 Å². The van der Waals surface area contributed by atoms with Gasteiger partial charge in [0.15, 0.2) is 0 Å². The number of rotatable bonds is 2. The number of para-hydroxylation sites is 1. The molecule has 100 valence electrons. The highest BCUT2D eigenvalue weighted by Crippen LogP contribution is 2.21. The molecule has 1 aromatic carbocycles. The molecule has 2 heterocycles. The minimum atomic E-state index is -0.298. The lowest BCUT2D eigenvalue weighted by molar-refractivity contribution is 0.322. The largest absolute Gasteiger partial charge is 0.495 e. The normalized spacial score (nSPS) is 15.5. The van der Waals surface area contributed by atoms with E-state index in [2.05, 4.69) is 5.32 Å². The van der Waals surface area contributed by atoms with Crippen LogP contribution in [-0.2, 0) is 7.05 Å². The number of hydrogen-bond donors (Lipinski definition) is 1. The highest BCUT2D eigenvalue weighted by atomic mass is 16.5. The summed E-state index contributed by atoms with van der Waals surface area (Å²) >= 11 is 0. The molecule has 0 radical (unpaired) electrons. The molecule has 3 rings (SSSR count). The number of benzene rings is 1. The molecule has 19 heavy (non-hydrogen) atoms. The molecule has 0 amide bonds. The van der Waals surface area contributed by atoms with Crippen LogP contribution in [0.3, 0.4) is 0 Å². The summed E-state index contributed by atoms with van der Waals surface area (Å²) in [5.74, 6) is 0.535. The fourth-order valence-electron chi connectivity index (χ4n) is 2.46. The lowest BCUT2D eigenvalue weighted by atomic mass is 10.1. The van der Waals surface area contributed by atoms with Crippen molar-refractivity contribution in [3.8, 4) is 5.75 Å². The fraction of sp³-hybridized carbons (Fsp3) is 0.385. The topological polar surface area (TPSA) is 65.3 Å². The van der Waals surface area contributed by atoms with Crippen LogP contribution in [-0.4, -0.2) is 29.3 Å². The highest BCUT2D eigenvalue weighted by molar-refractivity contribution is 5.84. The molecule has 1 saturated heterocycles. The summed E-state index contributed by atoms with van der Waals surface area (Å²) in [6.07, 6.45) is 0. The van der Waals surface area contributed by atoms with Crippen LogP contribution in [0.2, 0.25) is 0 Å². The van der Waals surface area contributed by atoms with Crippen molar-refractivity contribution in [1.82, 2.24) is 14.5 Å². The highest BCUT2D eigenvalue weighted by Gasteiger charge is 2.24. The van der Waals surface area contributed by atoms with E-state index in [1.54, 1.807) is 25.2 Å². The number of nitrogens with zero attached hydrogens (tertiary/aromatic N) is 2. The van der Waals surface area contributed by atoms with Gasteiger partial charge in [0, 0.05) is 20.1 Å². The number of hydrogen-bond acceptors (Lipinski definition) is 4. The average molecular weight is 261 g/mol. The minimum Gasteiger partial charge on any atom is -0.495 e. The number of aryl methyl sites for hydroxylation is 1. The minimum absolute atomic E-state index is 0.0539. The van der Waals surface area contributed by atoms with Crippen molar-refractivity contribution in [3.05, 3.63) is 39.0 Å². The number of nitrogens with one attached hydrogen (secondary N) is 1. The summed E-state index contributed by atoms with van der Waals surface area (Å²) in [5, 5.41) is 3.58. The second kappa shape index (κ2) is 4.24. The Bertz CT molecular complexity index is 756. The van der Waals surface area contributed by atoms with Gasteiger partial charge < -0.3 is 10.1 Å². The van der Waals surface area contributed by atoms with E-state index in [1.807, 2.05) is 0 Å². The molecule has 0 bridgehead atoms. The van der Waals surface area contributed by atoms with Crippen molar-refractivity contribution in [1.29, 1.82) is 0 Å². The summed E-state index contributed by atoms with van der Waals surface area (Å²) in [4.78, 5) is 24.8. The van der Waals surface area contributed by atoms with E-state index < -0.39 is 0 Å². The Balaban J connectivity index is 2.44. The van der Waals surface area contributed by atoms with Gasteiger partial charge >= 0.3 is 5.69 Å². The van der Waals surface area contributed by atoms with E-state index in [9.17, 15) is 9.59 Å². The van der Waals surface area contributed by atoms with Crippen molar-refractivity contribution in [2.24, 2.45) is 7.05 Å². The molecule has 0 saturated carbocycles. The van der Waals surface area contributed by atoms with Crippen LogP contribution in [0.25, 0.3) is 10.9 Å². The van der Waals surface area contributed by atoms with Crippen LogP contribution in [0.4, 0.5) is 0 Å². The van der Waals surface area contributed by atoms with Crippen LogP contribution < -0.4 is 21.3 Å². The molecule has 0 aliphatic carbocycles. The third kappa shape index (κ3) is 1.60. The Kier molecular flexibility index (Phi) is 2.67.